The summed E-state index contributed by atoms with van der Waals surface area (Å²) in [7, 11) is -6.19. The number of aliphatic hydroxyl groups excluding tert-OH is 2. The normalized spacial score (nSPS) is 13.7. The molecule has 0 aliphatic heterocycles. The van der Waals surface area contributed by atoms with Gasteiger partial charge in [0.25, 0.3) is 0 Å². The van der Waals surface area contributed by atoms with Gasteiger partial charge >= 0.3 is 51.5 Å². The quantitative estimate of drug-likeness (QED) is 0.0218. The monoisotopic (exact) mass is 1080 g/mol. The molecule has 0 aliphatic rings. The van der Waals surface area contributed by atoms with Crippen molar-refractivity contribution in [1.82, 2.24) is 31.9 Å². The number of hydrogen-bond donors (Lipinski definition) is 13. The van der Waals surface area contributed by atoms with E-state index in [1.54, 1.807) is 36.4 Å². The Morgan fingerprint density at radius 1 is 0.581 bits per heavy atom. The van der Waals surface area contributed by atoms with Gasteiger partial charge in [-0.1, -0.05) is 42.5 Å². The predicted octanol–water partition coefficient (Wildman–Crippen LogP) is -1.22. The number of carbonyl (C=O) groups is 10. The number of rotatable bonds is 35. The van der Waals surface area contributed by atoms with E-state index in [1.807, 2.05) is 11.4 Å². The Kier molecular flexibility index (Phi) is 25.6. The summed E-state index contributed by atoms with van der Waals surface area (Å²) in [4.78, 5) is 124. The van der Waals surface area contributed by atoms with Crippen LogP contribution in [0.5, 0.6) is 0 Å². The molecule has 0 radical (unpaired) electrons. The van der Waals surface area contributed by atoms with Crippen LogP contribution in [0.3, 0.4) is 0 Å². The third kappa shape index (κ3) is 22.3. The van der Waals surface area contributed by atoms with E-state index < -0.39 is 182 Å². The molecule has 412 valence electrons. The molecule has 0 fully saturated rings. The average molecular weight is 1080 g/mol. The number of halogens is 3. The molecule has 0 bridgehead atoms. The minimum atomic E-state index is -6.19. The highest BCUT2D eigenvalue weighted by Crippen LogP contribution is 2.27. The van der Waals surface area contributed by atoms with E-state index in [4.69, 9.17) is 9.84 Å². The lowest BCUT2D eigenvalue weighted by Crippen LogP contribution is -2.57. The molecule has 6 amide bonds. The molecule has 27 nitrogen and oxygen atoms in total. The molecule has 0 aliphatic carbocycles. The number of nitrogens with one attached hydrogen (secondary N) is 6. The first-order valence-electron chi connectivity index (χ1n) is 22.2. The van der Waals surface area contributed by atoms with Crippen molar-refractivity contribution in [2.75, 3.05) is 39.6 Å². The molecule has 2 aromatic carbocycles. The van der Waals surface area contributed by atoms with Crippen molar-refractivity contribution in [3.05, 3.63) is 48.0 Å². The highest BCUT2D eigenvalue weighted by Gasteiger charge is 2.49. The summed E-state index contributed by atoms with van der Waals surface area (Å²) < 4.78 is 70.0. The molecule has 0 heterocycles. The molecule has 0 saturated carbocycles. The fraction of sp³-hybridized carbons (Fsp3) is 0.535. The average Bonchev–Trinajstić information content (AvgIpc) is 3.32. The third-order valence-electron chi connectivity index (χ3n) is 10.7. The first kappa shape index (κ1) is 62.9. The molecule has 74 heavy (non-hydrogen) atoms. The van der Waals surface area contributed by atoms with Gasteiger partial charge < -0.3 is 72.4 Å². The van der Waals surface area contributed by atoms with Crippen LogP contribution >= 0.6 is 0 Å². The molecular formula is C43H57F3N6O21S. The lowest BCUT2D eigenvalue weighted by molar-refractivity contribution is -0.141. The van der Waals surface area contributed by atoms with E-state index in [-0.39, 0.29) is 32.2 Å². The van der Waals surface area contributed by atoms with Crippen LogP contribution in [-0.4, -0.2) is 179 Å². The lowest BCUT2D eigenvalue weighted by Gasteiger charge is -2.29. The number of alkyl halides is 3. The van der Waals surface area contributed by atoms with Gasteiger partial charge in [0.1, 0.15) is 36.8 Å². The van der Waals surface area contributed by atoms with Crippen LogP contribution in [0, 0.1) is 5.41 Å². The number of carboxylic acids is 5. The van der Waals surface area contributed by atoms with E-state index in [0.717, 1.165) is 10.8 Å². The van der Waals surface area contributed by atoms with Gasteiger partial charge in [0.05, 0.1) is 31.8 Å². The van der Waals surface area contributed by atoms with Crippen LogP contribution in [0.1, 0.15) is 63.4 Å². The summed E-state index contributed by atoms with van der Waals surface area (Å²) in [6.07, 6.45) is -4.27. The zero-order valence-electron chi connectivity index (χ0n) is 39.1. The Morgan fingerprint density at radius 2 is 1.08 bits per heavy atom. The van der Waals surface area contributed by atoms with E-state index in [9.17, 15) is 100 Å². The standard InChI is InChI=1S/C43H57F3N6O21S/c44-43(45,46)74(70,71)73-23-42(20-53,21-54)22-72-19-32(55)48-27(10-13-33(56)57)37(63)49-28(11-14-34(58)59)38(64)50-31(18-24-8-9-25-5-1-2-6-26(25)17-24)36(62)47-16-4-3-7-29(39(65)66)51-41(69)52-30(40(67)68)12-15-35(60)61/h1-2,5-6,8-9,17,27-31,53-54H,3-4,7,10-16,18-23H2,(H,47,62)(H,48,55)(H,49,63)(H,50,64)(H,56,57)(H,58,59)(H,60,61)(H,65,66)(H,67,68)(H2,51,52,69). The molecule has 2 aromatic rings. The van der Waals surface area contributed by atoms with E-state index in [1.165, 1.54) is 0 Å². The number of unbranched alkanes of at least 4 members (excludes halogenated alkanes) is 1. The number of amides is 6. The maximum Gasteiger partial charge on any atom is 0.523 e. The molecule has 2 rings (SSSR count). The van der Waals surface area contributed by atoms with Crippen molar-refractivity contribution in [1.29, 1.82) is 0 Å². The fourth-order valence-electron chi connectivity index (χ4n) is 6.52. The number of aliphatic hydroxyl groups is 2. The minimum Gasteiger partial charge on any atom is -0.481 e. The number of carboxylic acid groups (broad SMARTS) is 5. The second kappa shape index (κ2) is 30.1. The summed E-state index contributed by atoms with van der Waals surface area (Å²) >= 11 is 0. The highest BCUT2D eigenvalue weighted by atomic mass is 32.2. The van der Waals surface area contributed by atoms with E-state index in [2.05, 4.69) is 30.8 Å². The topological polar surface area (TPSA) is 437 Å². The Labute approximate surface area is 418 Å². The van der Waals surface area contributed by atoms with Crippen LogP contribution < -0.4 is 31.9 Å². The molecular weight excluding hydrogens is 1030 g/mol. The van der Waals surface area contributed by atoms with Crippen LogP contribution in [0.15, 0.2) is 42.5 Å². The van der Waals surface area contributed by atoms with Gasteiger partial charge in [0.15, 0.2) is 0 Å². The fourth-order valence-corrected chi connectivity index (χ4v) is 7.06. The first-order valence-corrected chi connectivity index (χ1v) is 23.6. The van der Waals surface area contributed by atoms with Gasteiger partial charge in [-0.2, -0.15) is 21.6 Å². The number of urea groups is 1. The Bertz CT molecular complexity index is 2420. The van der Waals surface area contributed by atoms with Gasteiger partial charge in [-0.05, 0) is 54.9 Å². The number of aliphatic carboxylic acids is 5. The summed E-state index contributed by atoms with van der Waals surface area (Å²) in [5.41, 5.74) is -7.58. The molecule has 13 N–H and O–H groups in total. The van der Waals surface area contributed by atoms with Crippen molar-refractivity contribution in [3.63, 3.8) is 0 Å². The molecule has 0 spiro atoms. The van der Waals surface area contributed by atoms with Gasteiger partial charge in [-0.3, -0.25) is 37.7 Å². The Balaban J connectivity index is 2.26. The Hall–Kier alpha value is -7.22. The van der Waals surface area contributed by atoms with Gasteiger partial charge in [0, 0.05) is 32.2 Å². The smallest absolute Gasteiger partial charge is 0.481 e. The highest BCUT2D eigenvalue weighted by molar-refractivity contribution is 7.87. The van der Waals surface area contributed by atoms with Crippen LogP contribution in [0.25, 0.3) is 10.8 Å². The lowest BCUT2D eigenvalue weighted by atomic mass is 9.93. The van der Waals surface area contributed by atoms with E-state index >= 15 is 0 Å². The molecule has 0 saturated heterocycles. The second-order valence-corrected chi connectivity index (χ2v) is 18.2. The van der Waals surface area contributed by atoms with E-state index in [0.29, 0.717) is 5.56 Å². The molecule has 31 heteroatoms. The van der Waals surface area contributed by atoms with Crippen LogP contribution in [0.2, 0.25) is 0 Å². The van der Waals surface area contributed by atoms with Crippen LogP contribution in [0.4, 0.5) is 18.0 Å². The van der Waals surface area contributed by atoms with Crippen molar-refractivity contribution >= 4 is 80.4 Å². The predicted molar refractivity (Wildman–Crippen MR) is 244 cm³/mol. The van der Waals surface area contributed by atoms with Crippen molar-refractivity contribution in [2.45, 2.75) is 99.9 Å². The molecule has 5 atom stereocenters. The van der Waals surface area contributed by atoms with Gasteiger partial charge in [0.2, 0.25) is 23.6 Å². The zero-order valence-corrected chi connectivity index (χ0v) is 39.9. The maximum atomic E-state index is 14.0. The summed E-state index contributed by atoms with van der Waals surface area (Å²) in [5, 5.41) is 81.0. The number of fused-ring (bicyclic) bond motifs is 1. The van der Waals surface area contributed by atoms with Crippen LogP contribution in [-0.2, 0) is 68.6 Å². The van der Waals surface area contributed by atoms with Gasteiger partial charge in [-0.15, -0.1) is 0 Å². The van der Waals surface area contributed by atoms with Crippen molar-refractivity contribution in [3.8, 4) is 0 Å². The second-order valence-electron chi connectivity index (χ2n) is 16.6. The first-order chi connectivity index (χ1) is 34.6. The minimum absolute atomic E-state index is 0.0362. The van der Waals surface area contributed by atoms with Crippen molar-refractivity contribution < 1.29 is 114 Å². The zero-order chi connectivity index (χ0) is 55.8. The molecule has 5 unspecified atom stereocenters. The van der Waals surface area contributed by atoms with Gasteiger partial charge in [-0.25, -0.2) is 14.4 Å². The Morgan fingerprint density at radius 3 is 1.59 bits per heavy atom. The summed E-state index contributed by atoms with van der Waals surface area (Å²) in [6.45, 7) is -6.15. The summed E-state index contributed by atoms with van der Waals surface area (Å²) in [6, 6.07) is 2.74. The number of benzene rings is 2. The largest absolute Gasteiger partial charge is 0.523 e. The maximum absolute atomic E-state index is 14.0. The number of carbonyl (C=O) groups excluding carboxylic acids is 5. The SMILES string of the molecule is O=C(O)CCC(NC(=O)NC(CCCCNC(=O)C(Cc1ccc2ccccc2c1)NC(=O)C(CCC(=O)O)NC(=O)C(CCC(=O)O)NC(=O)COCC(CO)(CO)COS(=O)(=O)C(F)(F)F)C(=O)O)C(=O)O. The number of ether oxygens (including phenoxy) is 1. The summed E-state index contributed by atoms with van der Waals surface area (Å²) in [5.74, 6) is -11.7. The molecule has 0 aromatic heterocycles. The number of hydrogen-bond acceptors (Lipinski definition) is 16. The third-order valence-corrected chi connectivity index (χ3v) is 11.6. The van der Waals surface area contributed by atoms with Crippen molar-refractivity contribution in [2.24, 2.45) is 5.41 Å².